The molecular formula is C36H52O. The molecule has 0 saturated carbocycles. The van der Waals surface area contributed by atoms with Crippen molar-refractivity contribution >= 4 is 5.78 Å². The van der Waals surface area contributed by atoms with Crippen molar-refractivity contribution < 1.29 is 6.22 Å². The van der Waals surface area contributed by atoms with Crippen molar-refractivity contribution in [2.75, 3.05) is 0 Å². The van der Waals surface area contributed by atoms with Crippen LogP contribution in [0.3, 0.4) is 0 Å². The molecule has 0 saturated heterocycles. The first-order chi connectivity index (χ1) is 17.5. The Morgan fingerprint density at radius 3 is 2.32 bits per heavy atom. The highest BCUT2D eigenvalue weighted by Gasteiger charge is 2.16. The third-order valence-electron chi connectivity index (χ3n) is 7.63. The standard InChI is InChI=1S/C24H32O.C11H14.CH4.H2/c1-4-6-7-8-11-20-13-15-22(16-14-20)24(25)18-21(5-2)23-12-9-10-19(3)17-23;1-9-6-7-10-4-2-3-5-11(10)8-9;;/h9-10,12-17,21H,4-8,11,18H2,1-3H3;2-5,9H,6-8H2,1H3;1H4;1H. The third kappa shape index (κ3) is 9.95. The van der Waals surface area contributed by atoms with Crippen molar-refractivity contribution in [3.63, 3.8) is 0 Å². The van der Waals surface area contributed by atoms with E-state index in [4.69, 9.17) is 0 Å². The zero-order valence-corrected chi connectivity index (χ0v) is 23.1. The number of ketones is 1. The average molecular weight is 501 g/mol. The number of carbonyl (C=O) groups excluding carboxylic acids is 1. The maximum atomic E-state index is 12.7. The van der Waals surface area contributed by atoms with E-state index in [9.17, 15) is 4.79 Å². The van der Waals surface area contributed by atoms with Crippen LogP contribution in [0.1, 0.15) is 119 Å². The van der Waals surface area contributed by atoms with E-state index >= 15 is 0 Å². The number of hydrogen-bond donors (Lipinski definition) is 0. The Balaban J connectivity index is 0.000000464. The zero-order valence-electron chi connectivity index (χ0n) is 23.1. The fourth-order valence-corrected chi connectivity index (χ4v) is 5.26. The molecule has 0 heterocycles. The average Bonchev–Trinajstić information content (AvgIpc) is 2.90. The van der Waals surface area contributed by atoms with Gasteiger partial charge in [0.25, 0.3) is 0 Å². The van der Waals surface area contributed by atoms with Crippen molar-refractivity contribution in [2.45, 2.75) is 105 Å². The highest BCUT2D eigenvalue weighted by molar-refractivity contribution is 5.96. The minimum atomic E-state index is 0. The van der Waals surface area contributed by atoms with Gasteiger partial charge in [-0.2, -0.15) is 0 Å². The Labute approximate surface area is 229 Å². The lowest BCUT2D eigenvalue weighted by molar-refractivity contribution is 0.0973. The smallest absolute Gasteiger partial charge is 0.163 e. The largest absolute Gasteiger partial charge is 0.294 e. The van der Waals surface area contributed by atoms with E-state index in [0.717, 1.165) is 24.3 Å². The zero-order chi connectivity index (χ0) is 25.8. The lowest BCUT2D eigenvalue weighted by Crippen LogP contribution is -2.10. The summed E-state index contributed by atoms with van der Waals surface area (Å²) in [5, 5.41) is 0. The summed E-state index contributed by atoms with van der Waals surface area (Å²) in [6, 6.07) is 25.7. The van der Waals surface area contributed by atoms with E-state index in [1.807, 2.05) is 12.1 Å². The van der Waals surface area contributed by atoms with Gasteiger partial charge in [0.1, 0.15) is 0 Å². The molecule has 0 aliphatic heterocycles. The van der Waals surface area contributed by atoms with Gasteiger partial charge in [0.15, 0.2) is 5.78 Å². The summed E-state index contributed by atoms with van der Waals surface area (Å²) in [4.78, 5) is 12.7. The summed E-state index contributed by atoms with van der Waals surface area (Å²) in [5.41, 5.74) is 7.89. The first-order valence-electron chi connectivity index (χ1n) is 14.3. The molecular weight excluding hydrogens is 448 g/mol. The summed E-state index contributed by atoms with van der Waals surface area (Å²) in [6.45, 7) is 8.85. The molecule has 0 radical (unpaired) electrons. The Kier molecular flexibility index (Phi) is 13.4. The van der Waals surface area contributed by atoms with Crippen LogP contribution in [0.4, 0.5) is 0 Å². The number of benzene rings is 3. The van der Waals surface area contributed by atoms with E-state index in [1.54, 1.807) is 11.1 Å². The lowest BCUT2D eigenvalue weighted by Gasteiger charge is -2.20. The van der Waals surface area contributed by atoms with Crippen LogP contribution in [-0.4, -0.2) is 5.78 Å². The van der Waals surface area contributed by atoms with Gasteiger partial charge in [0, 0.05) is 13.4 Å². The fraction of sp³-hybridized carbons (Fsp3) is 0.472. The number of fused-ring (bicyclic) bond motifs is 1. The first-order valence-corrected chi connectivity index (χ1v) is 14.3. The first kappa shape index (κ1) is 30.6. The second-order valence-corrected chi connectivity index (χ2v) is 10.8. The molecule has 4 rings (SSSR count). The minimum Gasteiger partial charge on any atom is -0.294 e. The highest BCUT2D eigenvalue weighted by Crippen LogP contribution is 2.26. The number of rotatable bonds is 10. The number of aryl methyl sites for hydroxylation is 3. The van der Waals surface area contributed by atoms with Crippen molar-refractivity contribution in [1.29, 1.82) is 0 Å². The van der Waals surface area contributed by atoms with Gasteiger partial charge in [0.2, 0.25) is 0 Å². The van der Waals surface area contributed by atoms with Gasteiger partial charge >= 0.3 is 0 Å². The molecule has 0 spiro atoms. The van der Waals surface area contributed by atoms with E-state index in [2.05, 4.69) is 88.4 Å². The molecule has 0 amide bonds. The third-order valence-corrected chi connectivity index (χ3v) is 7.63. The maximum absolute atomic E-state index is 12.7. The molecule has 2 unspecified atom stereocenters. The normalized spacial score (nSPS) is 15.0. The van der Waals surface area contributed by atoms with Crippen LogP contribution in [-0.2, 0) is 19.3 Å². The highest BCUT2D eigenvalue weighted by atomic mass is 16.1. The molecule has 1 aliphatic rings. The second-order valence-electron chi connectivity index (χ2n) is 10.8. The van der Waals surface area contributed by atoms with E-state index < -0.39 is 0 Å². The molecule has 1 heteroatoms. The van der Waals surface area contributed by atoms with Crippen LogP contribution < -0.4 is 0 Å². The van der Waals surface area contributed by atoms with Gasteiger partial charge in [0.05, 0.1) is 0 Å². The predicted molar refractivity (Wildman–Crippen MR) is 164 cm³/mol. The second kappa shape index (κ2) is 16.2. The van der Waals surface area contributed by atoms with Gasteiger partial charge in [-0.3, -0.25) is 4.79 Å². The summed E-state index contributed by atoms with van der Waals surface area (Å²) in [7, 11) is 0. The number of unbranched alkanes of at least 4 members (excludes halogenated alkanes) is 3. The van der Waals surface area contributed by atoms with Crippen LogP contribution in [0.2, 0.25) is 0 Å². The molecule has 0 fully saturated rings. The van der Waals surface area contributed by atoms with Crippen LogP contribution in [0.25, 0.3) is 0 Å². The fourth-order valence-electron chi connectivity index (χ4n) is 5.26. The van der Waals surface area contributed by atoms with Gasteiger partial charge in [-0.05, 0) is 79.5 Å². The topological polar surface area (TPSA) is 17.1 Å². The van der Waals surface area contributed by atoms with Gasteiger partial charge in [-0.15, -0.1) is 0 Å². The van der Waals surface area contributed by atoms with Gasteiger partial charge < -0.3 is 0 Å². The molecule has 3 aromatic carbocycles. The summed E-state index contributed by atoms with van der Waals surface area (Å²) in [6.07, 6.45) is 11.8. The van der Waals surface area contributed by atoms with Crippen LogP contribution in [0.5, 0.6) is 0 Å². The SMILES string of the molecule is C.CC1CCc2ccccc2C1.CCCCCCc1ccc(C(=O)CC(CC)c2cccc(C)c2)cc1.[HH]. The Bertz CT molecular complexity index is 1070. The summed E-state index contributed by atoms with van der Waals surface area (Å²) < 4.78 is 0. The maximum Gasteiger partial charge on any atom is 0.163 e. The van der Waals surface area contributed by atoms with E-state index in [1.165, 1.54) is 61.6 Å². The molecule has 2 atom stereocenters. The molecule has 1 nitrogen and oxygen atoms in total. The van der Waals surface area contributed by atoms with Crippen LogP contribution >= 0.6 is 0 Å². The monoisotopic (exact) mass is 500 g/mol. The van der Waals surface area contributed by atoms with Crippen molar-refractivity contribution in [3.05, 3.63) is 106 Å². The number of carbonyl (C=O) groups is 1. The molecule has 0 aromatic heterocycles. The molecule has 0 N–H and O–H groups in total. The Morgan fingerprint density at radius 1 is 0.919 bits per heavy atom. The quantitative estimate of drug-likeness (QED) is 0.200. The molecule has 1 aliphatic carbocycles. The lowest BCUT2D eigenvalue weighted by atomic mass is 9.85. The van der Waals surface area contributed by atoms with Crippen molar-refractivity contribution in [1.82, 2.24) is 0 Å². The molecule has 37 heavy (non-hydrogen) atoms. The minimum absolute atomic E-state index is 0. The number of hydrogen-bond acceptors (Lipinski definition) is 1. The molecule has 202 valence electrons. The Morgan fingerprint density at radius 2 is 1.65 bits per heavy atom. The van der Waals surface area contributed by atoms with Gasteiger partial charge in [-0.25, -0.2) is 0 Å². The van der Waals surface area contributed by atoms with E-state index in [-0.39, 0.29) is 14.6 Å². The summed E-state index contributed by atoms with van der Waals surface area (Å²) in [5.74, 6) is 1.46. The van der Waals surface area contributed by atoms with E-state index in [0.29, 0.717) is 12.3 Å². The molecule has 0 bridgehead atoms. The van der Waals surface area contributed by atoms with Crippen molar-refractivity contribution in [2.24, 2.45) is 5.92 Å². The van der Waals surface area contributed by atoms with Crippen LogP contribution in [0.15, 0.2) is 72.8 Å². The summed E-state index contributed by atoms with van der Waals surface area (Å²) >= 11 is 0. The number of Topliss-reactive ketones (excluding diaryl/α,β-unsaturated/α-hetero) is 1. The van der Waals surface area contributed by atoms with Crippen LogP contribution in [0, 0.1) is 12.8 Å². The van der Waals surface area contributed by atoms with Crippen molar-refractivity contribution in [3.8, 4) is 0 Å². The molecule has 3 aromatic rings. The Hall–Kier alpha value is -2.67. The predicted octanol–water partition coefficient (Wildman–Crippen LogP) is 10.6. The van der Waals surface area contributed by atoms with Gasteiger partial charge in [-0.1, -0.05) is 126 Å².